The first kappa shape index (κ1) is 22.2. The van der Waals surface area contributed by atoms with Crippen molar-refractivity contribution in [2.24, 2.45) is 0 Å². The third-order valence-electron chi connectivity index (χ3n) is 3.46. The maximum absolute atomic E-state index is 8.81. The molecule has 0 spiro atoms. The summed E-state index contributed by atoms with van der Waals surface area (Å²) >= 11 is 0. The van der Waals surface area contributed by atoms with Crippen LogP contribution in [0, 0.1) is 27.7 Å². The Kier molecular flexibility index (Phi) is 10.4. The van der Waals surface area contributed by atoms with Gasteiger partial charge in [0.15, 0.2) is 0 Å². The van der Waals surface area contributed by atoms with Crippen LogP contribution in [0.4, 0.5) is 0 Å². The normalized spacial score (nSPS) is 8.80. The number of rotatable bonds is 0. The van der Waals surface area contributed by atoms with Crippen molar-refractivity contribution in [3.8, 4) is 11.5 Å². The van der Waals surface area contributed by atoms with Crippen molar-refractivity contribution in [1.29, 1.82) is 0 Å². The summed E-state index contributed by atoms with van der Waals surface area (Å²) < 4.78 is 0. The van der Waals surface area contributed by atoms with Gasteiger partial charge in [-0.1, -0.05) is 54.1 Å². The SMILES string of the molecule is Cc1ccc(O)cc1.Cc1cccc(O)c1.Cc1ccccc1C.O. The molecule has 25 heavy (non-hydrogen) atoms. The van der Waals surface area contributed by atoms with Crippen molar-refractivity contribution in [3.05, 3.63) is 95.1 Å². The third-order valence-corrected chi connectivity index (χ3v) is 3.46. The van der Waals surface area contributed by atoms with Crippen LogP contribution in [-0.2, 0) is 0 Å². The molecule has 0 heterocycles. The largest absolute Gasteiger partial charge is 0.508 e. The average molecular weight is 340 g/mol. The van der Waals surface area contributed by atoms with Gasteiger partial charge in [-0.3, -0.25) is 0 Å². The number of benzene rings is 3. The van der Waals surface area contributed by atoms with Crippen LogP contribution in [0.2, 0.25) is 0 Å². The standard InChI is InChI=1S/C8H10.2C7H8O.H2O/c1-7-5-3-4-6-8(7)2;1-6-2-4-7(8)5-3-6;1-6-3-2-4-7(8)5-6;/h3-6H,1-2H3;2*2-5,8H,1H3;1H2. The zero-order valence-electron chi connectivity index (χ0n) is 15.3. The smallest absolute Gasteiger partial charge is 0.115 e. The minimum Gasteiger partial charge on any atom is -0.508 e. The van der Waals surface area contributed by atoms with Crippen molar-refractivity contribution in [1.82, 2.24) is 0 Å². The lowest BCUT2D eigenvalue weighted by Crippen LogP contribution is -1.74. The van der Waals surface area contributed by atoms with E-state index < -0.39 is 0 Å². The topological polar surface area (TPSA) is 72.0 Å². The lowest BCUT2D eigenvalue weighted by Gasteiger charge is -1.93. The van der Waals surface area contributed by atoms with E-state index in [1.54, 1.807) is 24.3 Å². The molecule has 3 heteroatoms. The zero-order chi connectivity index (χ0) is 17.9. The van der Waals surface area contributed by atoms with Crippen LogP contribution in [0.3, 0.4) is 0 Å². The van der Waals surface area contributed by atoms with Crippen molar-refractivity contribution in [3.63, 3.8) is 0 Å². The van der Waals surface area contributed by atoms with Crippen molar-refractivity contribution in [2.45, 2.75) is 27.7 Å². The summed E-state index contributed by atoms with van der Waals surface area (Å²) in [4.78, 5) is 0. The minimum atomic E-state index is 0. The Labute approximate surface area is 150 Å². The highest BCUT2D eigenvalue weighted by atomic mass is 16.3. The van der Waals surface area contributed by atoms with E-state index in [0.717, 1.165) is 5.56 Å². The lowest BCUT2D eigenvalue weighted by atomic mass is 10.1. The third kappa shape index (κ3) is 9.84. The highest BCUT2D eigenvalue weighted by Gasteiger charge is 1.84. The summed E-state index contributed by atoms with van der Waals surface area (Å²) in [5, 5.41) is 17.6. The molecule has 0 fully saturated rings. The van der Waals surface area contributed by atoms with Gasteiger partial charge in [-0.2, -0.15) is 0 Å². The molecular formula is C22H28O3. The Hall–Kier alpha value is -2.78. The quantitative estimate of drug-likeness (QED) is 0.612. The molecule has 0 atom stereocenters. The van der Waals surface area contributed by atoms with E-state index in [-0.39, 0.29) is 5.48 Å². The first-order chi connectivity index (χ1) is 11.4. The van der Waals surface area contributed by atoms with Crippen LogP contribution in [0.1, 0.15) is 22.3 Å². The molecule has 0 saturated heterocycles. The summed E-state index contributed by atoms with van der Waals surface area (Å²) in [5.41, 5.74) is 4.99. The molecule has 0 aromatic heterocycles. The predicted molar refractivity (Wildman–Crippen MR) is 105 cm³/mol. The maximum atomic E-state index is 8.81. The van der Waals surface area contributed by atoms with E-state index in [1.165, 1.54) is 16.7 Å². The molecule has 3 aromatic rings. The van der Waals surface area contributed by atoms with Gasteiger partial charge in [-0.25, -0.2) is 0 Å². The monoisotopic (exact) mass is 340 g/mol. The fraction of sp³-hybridized carbons (Fsp3) is 0.182. The van der Waals surface area contributed by atoms with E-state index in [4.69, 9.17) is 10.2 Å². The number of aromatic hydroxyl groups is 2. The van der Waals surface area contributed by atoms with Gasteiger partial charge in [0.05, 0.1) is 0 Å². The molecule has 3 nitrogen and oxygen atoms in total. The van der Waals surface area contributed by atoms with Crippen molar-refractivity contribution < 1.29 is 15.7 Å². The highest BCUT2D eigenvalue weighted by molar-refractivity contribution is 5.26. The Morgan fingerprint density at radius 2 is 1.04 bits per heavy atom. The second-order valence-electron chi connectivity index (χ2n) is 5.76. The number of hydrogen-bond donors (Lipinski definition) is 2. The van der Waals surface area contributed by atoms with Gasteiger partial charge < -0.3 is 15.7 Å². The van der Waals surface area contributed by atoms with Crippen molar-refractivity contribution in [2.75, 3.05) is 0 Å². The number of phenolic OH excluding ortho intramolecular Hbond substituents is 2. The van der Waals surface area contributed by atoms with Crippen molar-refractivity contribution >= 4 is 0 Å². The van der Waals surface area contributed by atoms with Gasteiger partial charge in [0, 0.05) is 0 Å². The maximum Gasteiger partial charge on any atom is 0.115 e. The Morgan fingerprint density at radius 1 is 0.520 bits per heavy atom. The van der Waals surface area contributed by atoms with Gasteiger partial charge in [0.2, 0.25) is 0 Å². The molecule has 4 N–H and O–H groups in total. The Morgan fingerprint density at radius 3 is 1.36 bits per heavy atom. The van der Waals surface area contributed by atoms with Gasteiger partial charge in [-0.15, -0.1) is 0 Å². The van der Waals surface area contributed by atoms with Crippen LogP contribution in [0.5, 0.6) is 11.5 Å². The first-order valence-electron chi connectivity index (χ1n) is 7.92. The second-order valence-corrected chi connectivity index (χ2v) is 5.76. The molecule has 0 saturated carbocycles. The van der Waals surface area contributed by atoms with E-state index in [1.807, 2.05) is 38.1 Å². The fourth-order valence-electron chi connectivity index (χ4n) is 1.84. The molecule has 3 aromatic carbocycles. The molecular weight excluding hydrogens is 312 g/mol. The van der Waals surface area contributed by atoms with E-state index in [2.05, 4.69) is 38.1 Å². The van der Waals surface area contributed by atoms with E-state index >= 15 is 0 Å². The van der Waals surface area contributed by atoms with E-state index in [9.17, 15) is 0 Å². The fourth-order valence-corrected chi connectivity index (χ4v) is 1.84. The Bertz CT molecular complexity index is 675. The second kappa shape index (κ2) is 11.7. The zero-order valence-corrected chi connectivity index (χ0v) is 15.3. The summed E-state index contributed by atoms with van der Waals surface area (Å²) in [7, 11) is 0. The molecule has 0 aliphatic carbocycles. The van der Waals surface area contributed by atoms with Gasteiger partial charge in [0.1, 0.15) is 11.5 Å². The van der Waals surface area contributed by atoms with Gasteiger partial charge in [0.25, 0.3) is 0 Å². The summed E-state index contributed by atoms with van der Waals surface area (Å²) in [6.45, 7) is 8.17. The van der Waals surface area contributed by atoms with Crippen LogP contribution in [-0.4, -0.2) is 15.7 Å². The molecule has 0 bridgehead atoms. The van der Waals surface area contributed by atoms with Gasteiger partial charge >= 0.3 is 0 Å². The molecule has 0 unspecified atom stereocenters. The molecule has 0 radical (unpaired) electrons. The number of aryl methyl sites for hydroxylation is 4. The highest BCUT2D eigenvalue weighted by Crippen LogP contribution is 2.08. The van der Waals surface area contributed by atoms with Crippen LogP contribution in [0.15, 0.2) is 72.8 Å². The Balaban J connectivity index is 0.000000339. The van der Waals surface area contributed by atoms with E-state index in [0.29, 0.717) is 11.5 Å². The van der Waals surface area contributed by atoms with Crippen LogP contribution < -0.4 is 0 Å². The first-order valence-corrected chi connectivity index (χ1v) is 7.92. The summed E-state index contributed by atoms with van der Waals surface area (Å²) in [6, 6.07) is 22.6. The minimum absolute atomic E-state index is 0. The van der Waals surface area contributed by atoms with Crippen LogP contribution in [0.25, 0.3) is 0 Å². The lowest BCUT2D eigenvalue weighted by molar-refractivity contribution is 0.474. The molecule has 3 rings (SSSR count). The predicted octanol–water partition coefficient (Wildman–Crippen LogP) is 4.88. The number of hydrogen-bond acceptors (Lipinski definition) is 2. The molecule has 0 aliphatic heterocycles. The molecule has 0 amide bonds. The average Bonchev–Trinajstić information content (AvgIpc) is 2.54. The molecule has 0 aliphatic rings. The summed E-state index contributed by atoms with van der Waals surface area (Å²) in [5.74, 6) is 0.667. The van der Waals surface area contributed by atoms with Gasteiger partial charge in [-0.05, 0) is 68.7 Å². The van der Waals surface area contributed by atoms with Crippen LogP contribution >= 0.6 is 0 Å². The molecule has 134 valence electrons. The summed E-state index contributed by atoms with van der Waals surface area (Å²) in [6.07, 6.45) is 0. The number of phenols is 2.